The standard InChI is InChI=1S/C34H44N4O4/c1-42-32(40)23-36-30(19-12-20-31(36)39)33-34(41)38(29-18-10-9-17-28(29)35-33)27-21-25-15-11-16-26(22-27)37(25)24-13-7-5-3-2-4-6-8-14-24/h9-10,12,17-20,24-27H,2-8,11,13-16,21-23H2,1H3/t25-,26+,27?. The Morgan fingerprint density at radius 3 is 2.12 bits per heavy atom. The van der Waals surface area contributed by atoms with Gasteiger partial charge in [0.15, 0.2) is 5.69 Å². The SMILES string of the molecule is COC(=O)Cn1c(-c2nc3ccccc3n(C3C[C@H]4CCC[C@@H](C3)N4C3CCCCCCCCC3)c2=O)cccc1=O. The highest BCUT2D eigenvalue weighted by atomic mass is 16.5. The highest BCUT2D eigenvalue weighted by molar-refractivity contribution is 5.78. The van der Waals surface area contributed by atoms with Crippen LogP contribution in [-0.4, -0.2) is 50.2 Å². The summed E-state index contributed by atoms with van der Waals surface area (Å²) in [4.78, 5) is 47.1. The van der Waals surface area contributed by atoms with Crippen molar-refractivity contribution < 1.29 is 9.53 Å². The van der Waals surface area contributed by atoms with Crippen molar-refractivity contribution in [3.05, 3.63) is 63.2 Å². The molecule has 0 amide bonds. The van der Waals surface area contributed by atoms with Gasteiger partial charge in [-0.1, -0.05) is 69.6 Å². The molecule has 3 aliphatic rings. The zero-order valence-electron chi connectivity index (χ0n) is 24.9. The number of para-hydroxylation sites is 2. The number of aromatic nitrogens is 3. The van der Waals surface area contributed by atoms with Crippen molar-refractivity contribution >= 4 is 17.0 Å². The third-order valence-electron chi connectivity index (χ3n) is 9.97. The van der Waals surface area contributed by atoms with Crippen LogP contribution < -0.4 is 11.1 Å². The maximum Gasteiger partial charge on any atom is 0.325 e. The molecule has 224 valence electrons. The van der Waals surface area contributed by atoms with Crippen molar-refractivity contribution in [2.75, 3.05) is 7.11 Å². The van der Waals surface area contributed by atoms with Gasteiger partial charge >= 0.3 is 5.97 Å². The second-order valence-corrected chi connectivity index (χ2v) is 12.6. The zero-order chi connectivity index (χ0) is 29.1. The molecule has 4 heterocycles. The Labute approximate surface area is 247 Å². The first kappa shape index (κ1) is 28.8. The highest BCUT2D eigenvalue weighted by Crippen LogP contribution is 2.42. The van der Waals surface area contributed by atoms with Crippen molar-refractivity contribution in [1.82, 2.24) is 19.0 Å². The van der Waals surface area contributed by atoms with Gasteiger partial charge in [-0.05, 0) is 56.7 Å². The monoisotopic (exact) mass is 572 g/mol. The van der Waals surface area contributed by atoms with Crippen LogP contribution in [0, 0.1) is 0 Å². The summed E-state index contributed by atoms with van der Waals surface area (Å²) in [6.07, 6.45) is 17.6. The summed E-state index contributed by atoms with van der Waals surface area (Å²) in [6.45, 7) is -0.274. The number of nitrogens with zero attached hydrogens (tertiary/aromatic N) is 4. The van der Waals surface area contributed by atoms with E-state index >= 15 is 0 Å². The summed E-state index contributed by atoms with van der Waals surface area (Å²) in [5.41, 5.74) is 1.53. The molecular weight excluding hydrogens is 528 g/mol. The molecule has 8 nitrogen and oxygen atoms in total. The molecule has 2 aromatic heterocycles. The van der Waals surface area contributed by atoms with Crippen LogP contribution in [0.2, 0.25) is 0 Å². The fourth-order valence-corrected chi connectivity index (χ4v) is 8.05. The number of piperidine rings is 2. The summed E-state index contributed by atoms with van der Waals surface area (Å²) in [6, 6.07) is 14.2. The number of hydrogen-bond acceptors (Lipinski definition) is 6. The second-order valence-electron chi connectivity index (χ2n) is 12.6. The van der Waals surface area contributed by atoms with Gasteiger partial charge < -0.3 is 9.30 Å². The van der Waals surface area contributed by atoms with Crippen LogP contribution in [0.15, 0.2) is 52.1 Å². The van der Waals surface area contributed by atoms with Gasteiger partial charge in [-0.15, -0.1) is 0 Å². The Kier molecular flexibility index (Phi) is 8.89. The van der Waals surface area contributed by atoms with E-state index in [1.807, 2.05) is 28.8 Å². The van der Waals surface area contributed by atoms with Crippen LogP contribution in [0.5, 0.6) is 0 Å². The Morgan fingerprint density at radius 1 is 0.786 bits per heavy atom. The summed E-state index contributed by atoms with van der Waals surface area (Å²) in [7, 11) is 1.29. The van der Waals surface area contributed by atoms with Gasteiger partial charge in [-0.2, -0.15) is 0 Å². The molecule has 0 N–H and O–H groups in total. The van der Waals surface area contributed by atoms with Crippen molar-refractivity contribution in [2.45, 2.75) is 121 Å². The molecular formula is C34H44N4O4. The molecule has 1 aliphatic carbocycles. The molecule has 2 aliphatic heterocycles. The summed E-state index contributed by atoms with van der Waals surface area (Å²) >= 11 is 0. The third kappa shape index (κ3) is 5.83. The van der Waals surface area contributed by atoms with E-state index in [0.717, 1.165) is 18.4 Å². The molecule has 6 rings (SSSR count). The number of benzene rings is 1. The van der Waals surface area contributed by atoms with E-state index in [0.29, 0.717) is 29.3 Å². The summed E-state index contributed by atoms with van der Waals surface area (Å²) in [5, 5.41) is 0. The molecule has 42 heavy (non-hydrogen) atoms. The van der Waals surface area contributed by atoms with E-state index < -0.39 is 5.97 Å². The minimum Gasteiger partial charge on any atom is -0.468 e. The predicted octanol–water partition coefficient (Wildman–Crippen LogP) is 5.85. The van der Waals surface area contributed by atoms with Gasteiger partial charge in [0.25, 0.3) is 11.1 Å². The number of methoxy groups -OCH3 is 1. The highest BCUT2D eigenvalue weighted by Gasteiger charge is 2.42. The Balaban J connectivity index is 1.38. The van der Waals surface area contributed by atoms with Gasteiger partial charge in [0.1, 0.15) is 6.54 Å². The molecule has 0 radical (unpaired) electrons. The number of pyridine rings is 1. The van der Waals surface area contributed by atoms with E-state index in [1.54, 1.807) is 12.1 Å². The van der Waals surface area contributed by atoms with Gasteiger partial charge in [0, 0.05) is 30.2 Å². The molecule has 2 bridgehead atoms. The third-order valence-corrected chi connectivity index (χ3v) is 9.97. The predicted molar refractivity (Wildman–Crippen MR) is 165 cm³/mol. The van der Waals surface area contributed by atoms with Crippen LogP contribution in [-0.2, 0) is 16.1 Å². The normalized spacial score (nSPS) is 24.4. The van der Waals surface area contributed by atoms with E-state index in [1.165, 1.54) is 94.8 Å². The number of esters is 1. The minimum absolute atomic E-state index is 0.0553. The maximum absolute atomic E-state index is 14.4. The van der Waals surface area contributed by atoms with E-state index in [-0.39, 0.29) is 29.4 Å². The van der Waals surface area contributed by atoms with Crippen molar-refractivity contribution in [3.8, 4) is 11.4 Å². The smallest absolute Gasteiger partial charge is 0.325 e. The summed E-state index contributed by atoms with van der Waals surface area (Å²) in [5.74, 6) is -0.550. The van der Waals surface area contributed by atoms with Gasteiger partial charge in [0.05, 0.1) is 23.8 Å². The molecule has 1 aromatic carbocycles. The lowest BCUT2D eigenvalue weighted by Gasteiger charge is -2.53. The second kappa shape index (κ2) is 12.9. The quantitative estimate of drug-likeness (QED) is 0.357. The Bertz CT molecular complexity index is 1500. The fraction of sp³-hybridized carbons (Fsp3) is 0.588. The molecule has 8 heteroatoms. The lowest BCUT2D eigenvalue weighted by molar-refractivity contribution is -0.141. The number of fused-ring (bicyclic) bond motifs is 3. The molecule has 0 spiro atoms. The molecule has 3 atom stereocenters. The molecule has 1 unspecified atom stereocenters. The first-order valence-corrected chi connectivity index (χ1v) is 16.1. The van der Waals surface area contributed by atoms with Crippen LogP contribution in [0.4, 0.5) is 0 Å². The molecule has 1 saturated carbocycles. The first-order chi connectivity index (χ1) is 20.5. The van der Waals surface area contributed by atoms with Gasteiger partial charge in [-0.25, -0.2) is 4.98 Å². The number of ether oxygens (including phenoxy) is 1. The molecule has 2 saturated heterocycles. The lowest BCUT2D eigenvalue weighted by atomic mass is 9.79. The molecule has 3 aromatic rings. The van der Waals surface area contributed by atoms with Crippen LogP contribution in [0.25, 0.3) is 22.4 Å². The average Bonchev–Trinajstić information content (AvgIpc) is 3.00. The number of carbonyl (C=O) groups is 1. The minimum atomic E-state index is -0.550. The fourth-order valence-electron chi connectivity index (χ4n) is 8.05. The largest absolute Gasteiger partial charge is 0.468 e. The van der Waals surface area contributed by atoms with Gasteiger partial charge in [-0.3, -0.25) is 23.9 Å². The van der Waals surface area contributed by atoms with Crippen LogP contribution >= 0.6 is 0 Å². The Morgan fingerprint density at radius 2 is 1.43 bits per heavy atom. The van der Waals surface area contributed by atoms with Crippen LogP contribution in [0.1, 0.15) is 95.9 Å². The van der Waals surface area contributed by atoms with Crippen molar-refractivity contribution in [1.29, 1.82) is 0 Å². The lowest BCUT2D eigenvalue weighted by Crippen LogP contribution is -2.57. The average molecular weight is 573 g/mol. The topological polar surface area (TPSA) is 86.4 Å². The van der Waals surface area contributed by atoms with E-state index in [2.05, 4.69) is 4.90 Å². The van der Waals surface area contributed by atoms with Crippen LogP contribution in [0.3, 0.4) is 0 Å². The Hall–Kier alpha value is -3.26. The maximum atomic E-state index is 14.4. The first-order valence-electron chi connectivity index (χ1n) is 16.1. The number of rotatable bonds is 5. The zero-order valence-corrected chi connectivity index (χ0v) is 24.9. The van der Waals surface area contributed by atoms with Gasteiger partial charge in [0.2, 0.25) is 0 Å². The van der Waals surface area contributed by atoms with Crippen molar-refractivity contribution in [3.63, 3.8) is 0 Å². The number of carbonyl (C=O) groups excluding carboxylic acids is 1. The molecule has 3 fully saturated rings. The summed E-state index contributed by atoms with van der Waals surface area (Å²) < 4.78 is 8.11. The van der Waals surface area contributed by atoms with E-state index in [4.69, 9.17) is 9.72 Å². The van der Waals surface area contributed by atoms with Crippen molar-refractivity contribution in [2.24, 2.45) is 0 Å². The van der Waals surface area contributed by atoms with E-state index in [9.17, 15) is 14.4 Å². The number of hydrogen-bond donors (Lipinski definition) is 0.